The zero-order valence-electron chi connectivity index (χ0n) is 7.95. The third kappa shape index (κ3) is 2.06. The summed E-state index contributed by atoms with van der Waals surface area (Å²) in [4.78, 5) is 8.19. The van der Waals surface area contributed by atoms with E-state index in [9.17, 15) is 0 Å². The van der Waals surface area contributed by atoms with Crippen LogP contribution in [0.1, 0.15) is 19.5 Å². The lowest BCUT2D eigenvalue weighted by molar-refractivity contribution is 1.06. The summed E-state index contributed by atoms with van der Waals surface area (Å²) in [5.74, 6) is 0. The minimum atomic E-state index is 0.825. The number of fused-ring (bicyclic) bond motifs is 1. The molecule has 0 aliphatic rings. The number of imidazole rings is 1. The number of rotatable bonds is 0. The number of nitrogens with zero attached hydrogens (tertiary/aromatic N) is 3. The minimum Gasteiger partial charge on any atom is -0.300 e. The fourth-order valence-corrected chi connectivity index (χ4v) is 1.29. The van der Waals surface area contributed by atoms with Crippen molar-refractivity contribution in [3.05, 3.63) is 28.9 Å². The molecule has 2 rings (SSSR count). The zero-order valence-corrected chi connectivity index (χ0v) is 9.54. The number of aromatic nitrogens is 3. The van der Waals surface area contributed by atoms with Crippen LogP contribution in [0.15, 0.2) is 23.2 Å². The van der Waals surface area contributed by atoms with E-state index in [1.54, 1.807) is 6.20 Å². The summed E-state index contributed by atoms with van der Waals surface area (Å²) in [5, 5.41) is 0. The maximum absolute atomic E-state index is 4.14. The molecule has 0 N–H and O–H groups in total. The maximum atomic E-state index is 4.14. The van der Waals surface area contributed by atoms with Crippen molar-refractivity contribution >= 4 is 21.6 Å². The van der Waals surface area contributed by atoms with Gasteiger partial charge < -0.3 is 4.40 Å². The van der Waals surface area contributed by atoms with Crippen LogP contribution in [0.4, 0.5) is 0 Å². The number of aryl methyl sites for hydroxylation is 1. The molecule has 0 unspecified atom stereocenters. The summed E-state index contributed by atoms with van der Waals surface area (Å²) in [7, 11) is 0. The average Bonchev–Trinajstić information content (AvgIpc) is 2.52. The van der Waals surface area contributed by atoms with Gasteiger partial charge in [0.1, 0.15) is 4.60 Å². The van der Waals surface area contributed by atoms with E-state index in [2.05, 4.69) is 25.9 Å². The molecule has 0 radical (unpaired) electrons. The highest BCUT2D eigenvalue weighted by atomic mass is 79.9. The van der Waals surface area contributed by atoms with Gasteiger partial charge in [0.25, 0.3) is 0 Å². The molecule has 4 heteroatoms. The molecular formula is C9H12BrN3. The van der Waals surface area contributed by atoms with Gasteiger partial charge in [-0.2, -0.15) is 0 Å². The summed E-state index contributed by atoms with van der Waals surface area (Å²) < 4.78 is 2.81. The molecule has 0 fully saturated rings. The van der Waals surface area contributed by atoms with Crippen molar-refractivity contribution in [2.45, 2.75) is 20.8 Å². The number of halogens is 1. The third-order valence-electron chi connectivity index (χ3n) is 1.55. The van der Waals surface area contributed by atoms with Crippen molar-refractivity contribution in [3.8, 4) is 0 Å². The Morgan fingerprint density at radius 3 is 2.62 bits per heavy atom. The first kappa shape index (κ1) is 10.2. The van der Waals surface area contributed by atoms with E-state index in [0.717, 1.165) is 15.9 Å². The molecule has 0 aliphatic carbocycles. The van der Waals surface area contributed by atoms with Crippen molar-refractivity contribution < 1.29 is 0 Å². The van der Waals surface area contributed by atoms with Gasteiger partial charge in [0.05, 0.1) is 6.20 Å². The molecule has 2 aromatic rings. The lowest BCUT2D eigenvalue weighted by atomic mass is 10.5. The summed E-state index contributed by atoms with van der Waals surface area (Å²) in [6.45, 7) is 6.01. The molecule has 0 aromatic carbocycles. The second kappa shape index (κ2) is 4.37. The van der Waals surface area contributed by atoms with E-state index >= 15 is 0 Å². The Balaban J connectivity index is 0.000000396. The zero-order chi connectivity index (χ0) is 9.84. The van der Waals surface area contributed by atoms with Gasteiger partial charge >= 0.3 is 0 Å². The van der Waals surface area contributed by atoms with E-state index in [0.29, 0.717) is 0 Å². The summed E-state index contributed by atoms with van der Waals surface area (Å²) in [6, 6.07) is 0. The molecule has 0 aliphatic heterocycles. The van der Waals surface area contributed by atoms with E-state index in [1.807, 2.05) is 37.6 Å². The molecule has 0 amide bonds. The maximum Gasteiger partial charge on any atom is 0.155 e. The van der Waals surface area contributed by atoms with Crippen molar-refractivity contribution in [2.24, 2.45) is 0 Å². The van der Waals surface area contributed by atoms with Crippen LogP contribution in [-0.2, 0) is 0 Å². The van der Waals surface area contributed by atoms with Gasteiger partial charge in [0, 0.05) is 18.1 Å². The molecule has 0 spiro atoms. The van der Waals surface area contributed by atoms with Gasteiger partial charge in [-0.1, -0.05) is 13.8 Å². The first-order chi connectivity index (χ1) is 6.27. The molecule has 0 atom stereocenters. The fourth-order valence-electron chi connectivity index (χ4n) is 0.987. The molecule has 70 valence electrons. The molecule has 0 saturated heterocycles. The first-order valence-corrected chi connectivity index (χ1v) is 5.02. The predicted molar refractivity (Wildman–Crippen MR) is 56.8 cm³/mol. The van der Waals surface area contributed by atoms with Gasteiger partial charge in [-0.25, -0.2) is 9.97 Å². The Labute approximate surface area is 86.0 Å². The molecule has 0 bridgehead atoms. The van der Waals surface area contributed by atoms with Gasteiger partial charge in [0.2, 0.25) is 0 Å². The van der Waals surface area contributed by atoms with Gasteiger partial charge in [-0.15, -0.1) is 0 Å². The van der Waals surface area contributed by atoms with E-state index in [1.165, 1.54) is 0 Å². The van der Waals surface area contributed by atoms with E-state index < -0.39 is 0 Å². The quantitative estimate of drug-likeness (QED) is 0.711. The van der Waals surface area contributed by atoms with Crippen LogP contribution >= 0.6 is 15.9 Å². The predicted octanol–water partition coefficient (Wildman–Crippen LogP) is 2.83. The standard InChI is InChI=1S/C7H6BrN3.C2H6/c1-5-2-10-7-3-9-6(8)4-11(5)7;1-2/h2-4H,1H3;1-2H3. The monoisotopic (exact) mass is 241 g/mol. The second-order valence-electron chi connectivity index (χ2n) is 2.34. The second-order valence-corrected chi connectivity index (χ2v) is 3.15. The normalized spacial score (nSPS) is 9.54. The molecular weight excluding hydrogens is 230 g/mol. The highest BCUT2D eigenvalue weighted by Gasteiger charge is 1.97. The summed E-state index contributed by atoms with van der Waals surface area (Å²) >= 11 is 3.29. The first-order valence-electron chi connectivity index (χ1n) is 4.22. The highest BCUT2D eigenvalue weighted by Crippen LogP contribution is 2.09. The highest BCUT2D eigenvalue weighted by molar-refractivity contribution is 9.10. The largest absolute Gasteiger partial charge is 0.300 e. The van der Waals surface area contributed by atoms with Gasteiger partial charge in [0.15, 0.2) is 5.65 Å². The minimum absolute atomic E-state index is 0.825. The van der Waals surface area contributed by atoms with Crippen LogP contribution in [0, 0.1) is 6.92 Å². The molecule has 2 heterocycles. The Morgan fingerprint density at radius 2 is 1.92 bits per heavy atom. The molecule has 13 heavy (non-hydrogen) atoms. The van der Waals surface area contributed by atoms with Crippen molar-refractivity contribution in [1.29, 1.82) is 0 Å². The van der Waals surface area contributed by atoms with Crippen molar-refractivity contribution in [1.82, 2.24) is 14.4 Å². The van der Waals surface area contributed by atoms with E-state index in [-0.39, 0.29) is 0 Å². The third-order valence-corrected chi connectivity index (χ3v) is 1.96. The number of hydrogen-bond acceptors (Lipinski definition) is 2. The SMILES string of the molecule is CC.Cc1cnc2cnc(Br)cn12. The van der Waals surface area contributed by atoms with Crippen LogP contribution in [0.3, 0.4) is 0 Å². The van der Waals surface area contributed by atoms with Gasteiger partial charge in [-0.3, -0.25) is 0 Å². The molecule has 3 nitrogen and oxygen atoms in total. The van der Waals surface area contributed by atoms with Crippen molar-refractivity contribution in [3.63, 3.8) is 0 Å². The summed E-state index contributed by atoms with van der Waals surface area (Å²) in [6.07, 6.45) is 5.46. The van der Waals surface area contributed by atoms with Crippen LogP contribution in [-0.4, -0.2) is 14.4 Å². The van der Waals surface area contributed by atoms with E-state index in [4.69, 9.17) is 0 Å². The Hall–Kier alpha value is -0.900. The lowest BCUT2D eigenvalue weighted by Crippen LogP contribution is -1.88. The molecule has 2 aromatic heterocycles. The smallest absolute Gasteiger partial charge is 0.155 e. The van der Waals surface area contributed by atoms with Gasteiger partial charge in [-0.05, 0) is 22.9 Å². The Bertz CT molecular complexity index is 395. The topological polar surface area (TPSA) is 30.2 Å². The lowest BCUT2D eigenvalue weighted by Gasteiger charge is -1.94. The van der Waals surface area contributed by atoms with Crippen LogP contribution in [0.25, 0.3) is 5.65 Å². The fraction of sp³-hybridized carbons (Fsp3) is 0.333. The number of hydrogen-bond donors (Lipinski definition) is 0. The average molecular weight is 242 g/mol. The summed E-state index contributed by atoms with van der Waals surface area (Å²) in [5.41, 5.74) is 1.99. The Kier molecular flexibility index (Phi) is 3.42. The van der Waals surface area contributed by atoms with Crippen LogP contribution in [0.2, 0.25) is 0 Å². The van der Waals surface area contributed by atoms with Crippen LogP contribution < -0.4 is 0 Å². The Morgan fingerprint density at radius 1 is 1.23 bits per heavy atom. The van der Waals surface area contributed by atoms with Crippen molar-refractivity contribution in [2.75, 3.05) is 0 Å². The van der Waals surface area contributed by atoms with Crippen LogP contribution in [0.5, 0.6) is 0 Å². The molecule has 0 saturated carbocycles.